The number of hydrogen-bond donors (Lipinski definition) is 1. The van der Waals surface area contributed by atoms with E-state index in [1.54, 1.807) is 6.26 Å². The number of nitrogens with zero attached hydrogens (tertiary/aromatic N) is 1. The number of imidazole rings is 1. The van der Waals surface area contributed by atoms with Gasteiger partial charge in [0.25, 0.3) is 0 Å². The molecule has 1 aromatic carbocycles. The summed E-state index contributed by atoms with van der Waals surface area (Å²) in [7, 11) is 0. The third-order valence-electron chi connectivity index (χ3n) is 2.40. The second-order valence-electron chi connectivity index (χ2n) is 3.37. The van der Waals surface area contributed by atoms with Gasteiger partial charge in [0.05, 0.1) is 17.3 Å². The zero-order valence-corrected chi connectivity index (χ0v) is 7.60. The van der Waals surface area contributed by atoms with Crippen LogP contribution < -0.4 is 0 Å². The highest BCUT2D eigenvalue weighted by Gasteiger charge is 2.17. The second kappa shape index (κ2) is 2.87. The Labute approximate surface area is 81.4 Å². The average molecular weight is 186 g/mol. The third-order valence-corrected chi connectivity index (χ3v) is 2.40. The van der Waals surface area contributed by atoms with Crippen molar-refractivity contribution in [3.8, 4) is 0 Å². The van der Waals surface area contributed by atoms with Crippen LogP contribution in [0.15, 0.2) is 36.6 Å². The van der Waals surface area contributed by atoms with E-state index in [9.17, 15) is 0 Å². The number of para-hydroxylation sites is 2. The second-order valence-corrected chi connectivity index (χ2v) is 3.37. The van der Waals surface area contributed by atoms with E-state index in [0.717, 1.165) is 23.3 Å². The minimum Gasteiger partial charge on any atom is -0.490 e. The van der Waals surface area contributed by atoms with Crippen molar-refractivity contribution in [2.24, 2.45) is 0 Å². The van der Waals surface area contributed by atoms with E-state index >= 15 is 0 Å². The monoisotopic (exact) mass is 186 g/mol. The first-order chi connectivity index (χ1) is 6.93. The molecule has 0 saturated carbocycles. The Kier molecular flexibility index (Phi) is 1.56. The maximum Gasteiger partial charge on any atom is 0.159 e. The van der Waals surface area contributed by atoms with Crippen LogP contribution in [0.2, 0.25) is 0 Å². The molecule has 1 N–H and O–H groups in total. The number of nitrogens with one attached hydrogen (secondary N) is 1. The van der Waals surface area contributed by atoms with Crippen LogP contribution in [0.3, 0.4) is 0 Å². The number of benzene rings is 1. The summed E-state index contributed by atoms with van der Waals surface area (Å²) in [5, 5.41) is 0. The molecule has 1 aliphatic heterocycles. The molecule has 0 saturated heterocycles. The topological polar surface area (TPSA) is 37.9 Å². The fourth-order valence-corrected chi connectivity index (χ4v) is 1.69. The number of aromatic nitrogens is 2. The van der Waals surface area contributed by atoms with E-state index in [-0.39, 0.29) is 6.10 Å². The van der Waals surface area contributed by atoms with Crippen molar-refractivity contribution in [2.45, 2.75) is 12.5 Å². The van der Waals surface area contributed by atoms with Gasteiger partial charge in [-0.1, -0.05) is 12.1 Å². The van der Waals surface area contributed by atoms with E-state index in [2.05, 4.69) is 9.97 Å². The molecule has 70 valence electrons. The van der Waals surface area contributed by atoms with Crippen molar-refractivity contribution in [2.75, 3.05) is 0 Å². The molecule has 3 nitrogen and oxygen atoms in total. The van der Waals surface area contributed by atoms with E-state index in [1.165, 1.54) is 0 Å². The number of fused-ring (bicyclic) bond motifs is 1. The first-order valence-corrected chi connectivity index (χ1v) is 4.68. The highest BCUT2D eigenvalue weighted by atomic mass is 16.5. The minimum absolute atomic E-state index is 0.0717. The van der Waals surface area contributed by atoms with Gasteiger partial charge in [0.1, 0.15) is 5.82 Å². The molecule has 3 heteroatoms. The Balaban J connectivity index is 2.05. The summed E-state index contributed by atoms with van der Waals surface area (Å²) in [5.74, 6) is 0.913. The van der Waals surface area contributed by atoms with Crippen LogP contribution in [-0.4, -0.2) is 9.97 Å². The van der Waals surface area contributed by atoms with Gasteiger partial charge < -0.3 is 9.72 Å². The van der Waals surface area contributed by atoms with Crippen LogP contribution in [0, 0.1) is 0 Å². The Morgan fingerprint density at radius 3 is 3.07 bits per heavy atom. The number of H-pyrrole nitrogens is 1. The van der Waals surface area contributed by atoms with Crippen molar-refractivity contribution in [3.63, 3.8) is 0 Å². The summed E-state index contributed by atoms with van der Waals surface area (Å²) in [5.41, 5.74) is 2.07. The van der Waals surface area contributed by atoms with Gasteiger partial charge in [-0.05, 0) is 18.2 Å². The molecule has 3 rings (SSSR count). The lowest BCUT2D eigenvalue weighted by Gasteiger charge is -2.04. The highest BCUT2D eigenvalue weighted by Crippen LogP contribution is 2.25. The molecule has 0 spiro atoms. The van der Waals surface area contributed by atoms with Crippen LogP contribution in [0.4, 0.5) is 0 Å². The zero-order chi connectivity index (χ0) is 9.38. The molecule has 1 aliphatic rings. The molecule has 0 aliphatic carbocycles. The van der Waals surface area contributed by atoms with Crippen LogP contribution in [0.25, 0.3) is 11.0 Å². The molecule has 14 heavy (non-hydrogen) atoms. The Hall–Kier alpha value is -1.77. The average Bonchev–Trinajstić information content (AvgIpc) is 2.86. The van der Waals surface area contributed by atoms with Crippen molar-refractivity contribution in [1.82, 2.24) is 9.97 Å². The first kappa shape index (κ1) is 7.62. The Morgan fingerprint density at radius 1 is 1.36 bits per heavy atom. The molecule has 1 atom stereocenters. The van der Waals surface area contributed by atoms with E-state index in [1.807, 2.05) is 30.3 Å². The maximum atomic E-state index is 5.39. The summed E-state index contributed by atoms with van der Waals surface area (Å²) >= 11 is 0. The lowest BCUT2D eigenvalue weighted by Crippen LogP contribution is -1.97. The predicted molar refractivity (Wildman–Crippen MR) is 53.7 cm³/mol. The lowest BCUT2D eigenvalue weighted by molar-refractivity contribution is 0.165. The summed E-state index contributed by atoms with van der Waals surface area (Å²) in [6.45, 7) is 0. The molecule has 0 amide bonds. The molecular formula is C11H10N2O. The summed E-state index contributed by atoms with van der Waals surface area (Å²) in [6, 6.07) is 8.00. The molecular weight excluding hydrogens is 176 g/mol. The summed E-state index contributed by atoms with van der Waals surface area (Å²) in [4.78, 5) is 7.74. The van der Waals surface area contributed by atoms with Crippen LogP contribution in [0.1, 0.15) is 18.3 Å². The van der Waals surface area contributed by atoms with Gasteiger partial charge in [0.2, 0.25) is 0 Å². The molecule has 0 bridgehead atoms. The van der Waals surface area contributed by atoms with Crippen LogP contribution in [-0.2, 0) is 4.74 Å². The van der Waals surface area contributed by atoms with Gasteiger partial charge in [0, 0.05) is 6.42 Å². The summed E-state index contributed by atoms with van der Waals surface area (Å²) < 4.78 is 5.39. The fourth-order valence-electron chi connectivity index (χ4n) is 1.69. The number of rotatable bonds is 1. The Morgan fingerprint density at radius 2 is 2.29 bits per heavy atom. The summed E-state index contributed by atoms with van der Waals surface area (Å²) in [6.07, 6.45) is 4.72. The van der Waals surface area contributed by atoms with Gasteiger partial charge in [-0.15, -0.1) is 0 Å². The SMILES string of the molecule is C1=COC(c2nc3ccccc3[nH]2)C1. The molecule has 1 unspecified atom stereocenters. The van der Waals surface area contributed by atoms with Gasteiger partial charge in [-0.2, -0.15) is 0 Å². The molecule has 2 aromatic rings. The van der Waals surface area contributed by atoms with E-state index in [0.29, 0.717) is 0 Å². The predicted octanol–water partition coefficient (Wildman–Crippen LogP) is 2.54. The largest absolute Gasteiger partial charge is 0.490 e. The van der Waals surface area contributed by atoms with Crippen molar-refractivity contribution < 1.29 is 4.74 Å². The lowest BCUT2D eigenvalue weighted by atomic mass is 10.3. The van der Waals surface area contributed by atoms with Gasteiger partial charge in [-0.25, -0.2) is 4.98 Å². The van der Waals surface area contributed by atoms with Crippen molar-refractivity contribution >= 4 is 11.0 Å². The maximum absolute atomic E-state index is 5.39. The standard InChI is InChI=1S/C11H10N2O/c1-2-5-9-8(4-1)12-11(13-9)10-6-3-7-14-10/h1-5,7,10H,6H2,(H,12,13). The number of ether oxygens (including phenoxy) is 1. The van der Waals surface area contributed by atoms with Gasteiger partial charge in [0.15, 0.2) is 6.10 Å². The minimum atomic E-state index is 0.0717. The molecule has 0 radical (unpaired) electrons. The first-order valence-electron chi connectivity index (χ1n) is 4.68. The molecule has 1 aromatic heterocycles. The number of aromatic amines is 1. The molecule has 2 heterocycles. The highest BCUT2D eigenvalue weighted by molar-refractivity contribution is 5.74. The van der Waals surface area contributed by atoms with Gasteiger partial charge >= 0.3 is 0 Å². The Bertz CT molecular complexity index is 446. The quantitative estimate of drug-likeness (QED) is 0.743. The fraction of sp³-hybridized carbons (Fsp3) is 0.182. The van der Waals surface area contributed by atoms with Crippen molar-refractivity contribution in [3.05, 3.63) is 42.4 Å². The molecule has 0 fully saturated rings. The van der Waals surface area contributed by atoms with Crippen LogP contribution >= 0.6 is 0 Å². The smallest absolute Gasteiger partial charge is 0.159 e. The van der Waals surface area contributed by atoms with Gasteiger partial charge in [-0.3, -0.25) is 0 Å². The van der Waals surface area contributed by atoms with Crippen LogP contribution in [0.5, 0.6) is 0 Å². The normalized spacial score (nSPS) is 20.1. The third kappa shape index (κ3) is 1.09. The van der Waals surface area contributed by atoms with E-state index in [4.69, 9.17) is 4.74 Å². The number of hydrogen-bond acceptors (Lipinski definition) is 2. The zero-order valence-electron chi connectivity index (χ0n) is 7.60. The van der Waals surface area contributed by atoms with Crippen molar-refractivity contribution in [1.29, 1.82) is 0 Å². The van der Waals surface area contributed by atoms with E-state index < -0.39 is 0 Å².